The van der Waals surface area contributed by atoms with E-state index in [-0.39, 0.29) is 11.7 Å². The normalized spacial score (nSPS) is 16.4. The number of nitrogens with one attached hydrogen (secondary N) is 2. The van der Waals surface area contributed by atoms with E-state index in [1.165, 1.54) is 7.05 Å². The number of benzene rings is 2. The first-order chi connectivity index (χ1) is 14.6. The Bertz CT molecular complexity index is 863. The van der Waals surface area contributed by atoms with E-state index < -0.39 is 24.0 Å². The number of hydrogen-bond acceptors (Lipinski definition) is 6. The number of esters is 1. The van der Waals surface area contributed by atoms with Crippen LogP contribution in [0.15, 0.2) is 54.6 Å². The topological polar surface area (TPSA) is 103 Å². The van der Waals surface area contributed by atoms with Crippen LogP contribution in [0.2, 0.25) is 0 Å². The Kier molecular flexibility index (Phi) is 7.40. The maximum absolute atomic E-state index is 12.6. The van der Waals surface area contributed by atoms with Crippen LogP contribution in [0.4, 0.5) is 4.79 Å². The van der Waals surface area contributed by atoms with Crippen LogP contribution in [-0.2, 0) is 14.3 Å². The summed E-state index contributed by atoms with van der Waals surface area (Å²) in [7, 11) is 1.38. The molecule has 1 saturated heterocycles. The molecule has 2 aromatic rings. The van der Waals surface area contributed by atoms with E-state index >= 15 is 0 Å². The first kappa shape index (κ1) is 21.3. The number of imide groups is 1. The van der Waals surface area contributed by atoms with Gasteiger partial charge in [0, 0.05) is 19.2 Å². The van der Waals surface area contributed by atoms with E-state index in [1.54, 1.807) is 54.6 Å². The number of amides is 3. The molecule has 8 heteroatoms. The fourth-order valence-corrected chi connectivity index (χ4v) is 2.97. The third kappa shape index (κ3) is 5.81. The van der Waals surface area contributed by atoms with Gasteiger partial charge in [-0.05, 0) is 37.1 Å². The number of ether oxygens (including phenoxy) is 3. The van der Waals surface area contributed by atoms with Crippen LogP contribution in [0, 0.1) is 0 Å². The lowest BCUT2D eigenvalue weighted by atomic mass is 10.1. The molecule has 30 heavy (non-hydrogen) atoms. The SMILES string of the molecule is CNC(=O)NC(=O)[C@@H](OC(=O)c1ccc(OC[C@H]2CCCO2)cc1)c1ccccc1. The predicted molar refractivity (Wildman–Crippen MR) is 108 cm³/mol. The standard InChI is InChI=1S/C22H24N2O6/c1-23-22(27)24-20(25)19(15-6-3-2-4-7-15)30-21(26)16-9-11-17(12-10-16)29-14-18-8-5-13-28-18/h2-4,6-7,9-12,18-19H,5,8,13-14H2,1H3,(H2,23,24,25,27)/t18-,19+/m1/s1. The number of carbonyl (C=O) groups excluding carboxylic acids is 3. The van der Waals surface area contributed by atoms with Gasteiger partial charge in [0.05, 0.1) is 11.7 Å². The third-order valence-electron chi connectivity index (χ3n) is 4.58. The zero-order valence-electron chi connectivity index (χ0n) is 16.6. The van der Waals surface area contributed by atoms with Crippen LogP contribution < -0.4 is 15.4 Å². The zero-order valence-corrected chi connectivity index (χ0v) is 16.6. The molecular weight excluding hydrogens is 388 g/mol. The van der Waals surface area contributed by atoms with Gasteiger partial charge in [-0.15, -0.1) is 0 Å². The molecule has 0 saturated carbocycles. The summed E-state index contributed by atoms with van der Waals surface area (Å²) < 4.78 is 16.6. The van der Waals surface area contributed by atoms with Crippen molar-refractivity contribution in [3.05, 3.63) is 65.7 Å². The van der Waals surface area contributed by atoms with Gasteiger partial charge in [0.25, 0.3) is 5.91 Å². The second-order valence-corrected chi connectivity index (χ2v) is 6.73. The maximum atomic E-state index is 12.6. The van der Waals surface area contributed by atoms with E-state index in [9.17, 15) is 14.4 Å². The first-order valence-electron chi connectivity index (χ1n) is 9.70. The monoisotopic (exact) mass is 412 g/mol. The summed E-state index contributed by atoms with van der Waals surface area (Å²) in [5, 5.41) is 4.43. The van der Waals surface area contributed by atoms with Crippen molar-refractivity contribution in [3.63, 3.8) is 0 Å². The van der Waals surface area contributed by atoms with Gasteiger partial charge in [0.15, 0.2) is 0 Å². The molecule has 1 aliphatic heterocycles. The summed E-state index contributed by atoms with van der Waals surface area (Å²) in [5.74, 6) is -0.828. The molecule has 8 nitrogen and oxygen atoms in total. The highest BCUT2D eigenvalue weighted by atomic mass is 16.5. The second-order valence-electron chi connectivity index (χ2n) is 6.73. The Hall–Kier alpha value is -3.39. The number of urea groups is 1. The van der Waals surface area contributed by atoms with Crippen molar-refractivity contribution in [1.29, 1.82) is 0 Å². The first-order valence-corrected chi connectivity index (χ1v) is 9.70. The van der Waals surface area contributed by atoms with Crippen molar-refractivity contribution in [2.45, 2.75) is 25.0 Å². The van der Waals surface area contributed by atoms with Crippen LogP contribution in [0.1, 0.15) is 34.9 Å². The Morgan fingerprint density at radius 3 is 2.47 bits per heavy atom. The van der Waals surface area contributed by atoms with Gasteiger partial charge in [-0.25, -0.2) is 9.59 Å². The van der Waals surface area contributed by atoms with Gasteiger partial charge < -0.3 is 19.5 Å². The van der Waals surface area contributed by atoms with Gasteiger partial charge in [-0.2, -0.15) is 0 Å². The number of carbonyl (C=O) groups is 3. The Balaban J connectivity index is 1.65. The average Bonchev–Trinajstić information content (AvgIpc) is 3.30. The van der Waals surface area contributed by atoms with E-state index in [0.717, 1.165) is 19.4 Å². The minimum atomic E-state index is -1.27. The van der Waals surface area contributed by atoms with Gasteiger partial charge in [-0.1, -0.05) is 30.3 Å². The zero-order chi connectivity index (χ0) is 21.3. The molecule has 1 aliphatic rings. The molecule has 1 heterocycles. The van der Waals surface area contributed by atoms with Gasteiger partial charge in [-0.3, -0.25) is 10.1 Å². The van der Waals surface area contributed by atoms with Crippen LogP contribution >= 0.6 is 0 Å². The Labute approximate surface area is 174 Å². The lowest BCUT2D eigenvalue weighted by Crippen LogP contribution is -2.41. The fourth-order valence-electron chi connectivity index (χ4n) is 2.97. The summed E-state index contributed by atoms with van der Waals surface area (Å²) in [5.41, 5.74) is 0.705. The maximum Gasteiger partial charge on any atom is 0.339 e. The molecule has 2 atom stereocenters. The van der Waals surface area contributed by atoms with Crippen molar-refractivity contribution in [2.75, 3.05) is 20.3 Å². The summed E-state index contributed by atoms with van der Waals surface area (Å²) in [6.45, 7) is 1.22. The molecule has 0 bridgehead atoms. The van der Waals surface area contributed by atoms with Crippen LogP contribution in [0.3, 0.4) is 0 Å². The minimum absolute atomic E-state index is 0.0973. The highest BCUT2D eigenvalue weighted by molar-refractivity contribution is 5.99. The third-order valence-corrected chi connectivity index (χ3v) is 4.58. The van der Waals surface area contributed by atoms with E-state index in [1.807, 2.05) is 0 Å². The lowest BCUT2D eigenvalue weighted by molar-refractivity contribution is -0.129. The van der Waals surface area contributed by atoms with Crippen LogP contribution in [0.25, 0.3) is 0 Å². The van der Waals surface area contributed by atoms with E-state index in [2.05, 4.69) is 10.6 Å². The predicted octanol–water partition coefficient (Wildman–Crippen LogP) is 2.60. The van der Waals surface area contributed by atoms with Crippen molar-refractivity contribution in [1.82, 2.24) is 10.6 Å². The molecule has 1 fully saturated rings. The molecule has 2 aromatic carbocycles. The number of rotatable bonds is 7. The van der Waals surface area contributed by atoms with Crippen molar-refractivity contribution in [2.24, 2.45) is 0 Å². The van der Waals surface area contributed by atoms with E-state index in [4.69, 9.17) is 14.2 Å². The van der Waals surface area contributed by atoms with Gasteiger partial charge in [0.1, 0.15) is 12.4 Å². The highest BCUT2D eigenvalue weighted by Crippen LogP contribution is 2.21. The summed E-state index contributed by atoms with van der Waals surface area (Å²) in [6.07, 6.45) is 0.838. The minimum Gasteiger partial charge on any atom is -0.491 e. The molecule has 158 valence electrons. The molecule has 0 unspecified atom stereocenters. The molecule has 3 rings (SSSR count). The van der Waals surface area contributed by atoms with E-state index in [0.29, 0.717) is 17.9 Å². The second kappa shape index (κ2) is 10.4. The quantitative estimate of drug-likeness (QED) is 0.678. The lowest BCUT2D eigenvalue weighted by Gasteiger charge is -2.17. The fraction of sp³-hybridized carbons (Fsp3) is 0.318. The molecule has 3 amide bonds. The van der Waals surface area contributed by atoms with Crippen LogP contribution in [0.5, 0.6) is 5.75 Å². The van der Waals surface area contributed by atoms with Crippen LogP contribution in [-0.4, -0.2) is 44.3 Å². The van der Waals surface area contributed by atoms with Crippen molar-refractivity contribution >= 4 is 17.9 Å². The average molecular weight is 412 g/mol. The summed E-state index contributed by atoms with van der Waals surface area (Å²) in [4.78, 5) is 36.6. The van der Waals surface area contributed by atoms with Crippen molar-refractivity contribution < 1.29 is 28.6 Å². The smallest absolute Gasteiger partial charge is 0.339 e. The molecule has 2 N–H and O–H groups in total. The summed E-state index contributed by atoms with van der Waals surface area (Å²) >= 11 is 0. The number of hydrogen-bond donors (Lipinski definition) is 2. The molecule has 0 aliphatic carbocycles. The Morgan fingerprint density at radius 2 is 1.83 bits per heavy atom. The van der Waals surface area contributed by atoms with Gasteiger partial charge in [0.2, 0.25) is 6.10 Å². The summed E-state index contributed by atoms with van der Waals surface area (Å²) in [6, 6.07) is 14.2. The van der Waals surface area contributed by atoms with Gasteiger partial charge >= 0.3 is 12.0 Å². The molecule has 0 aromatic heterocycles. The highest BCUT2D eigenvalue weighted by Gasteiger charge is 2.27. The molecular formula is C22H24N2O6. The molecule has 0 radical (unpaired) electrons. The molecule has 0 spiro atoms. The van der Waals surface area contributed by atoms with Crippen molar-refractivity contribution in [3.8, 4) is 5.75 Å². The largest absolute Gasteiger partial charge is 0.491 e. The Morgan fingerprint density at radius 1 is 1.10 bits per heavy atom.